The van der Waals surface area contributed by atoms with Gasteiger partial charge in [0.15, 0.2) is 0 Å². The first-order chi connectivity index (χ1) is 11.2. The lowest BCUT2D eigenvalue weighted by Crippen LogP contribution is -2.35. The Hall–Kier alpha value is -1.26. The van der Waals surface area contributed by atoms with Crippen LogP contribution in [0.25, 0.3) is 0 Å². The van der Waals surface area contributed by atoms with Crippen molar-refractivity contribution >= 4 is 13.7 Å². The molecule has 10 nitrogen and oxygen atoms in total. The molecule has 1 unspecified atom stereocenters. The first kappa shape index (κ1) is 19.1. The van der Waals surface area contributed by atoms with Gasteiger partial charge in [-0.05, 0) is 19.0 Å². The van der Waals surface area contributed by atoms with E-state index in [2.05, 4.69) is 4.52 Å². The number of amides is 1. The lowest BCUT2D eigenvalue weighted by molar-refractivity contribution is -0.114. The van der Waals surface area contributed by atoms with Crippen molar-refractivity contribution in [3.8, 4) is 0 Å². The van der Waals surface area contributed by atoms with Crippen LogP contribution < -0.4 is 5.73 Å². The molecule has 2 rings (SSSR count). The Bertz CT molecular complexity index is 574. The Morgan fingerprint density at radius 3 is 2.67 bits per heavy atom. The summed E-state index contributed by atoms with van der Waals surface area (Å²) in [6, 6.07) is 0. The van der Waals surface area contributed by atoms with Gasteiger partial charge in [0, 0.05) is 18.3 Å². The molecule has 1 fully saturated rings. The number of phosphoric ester groups is 1. The molecule has 4 atom stereocenters. The lowest BCUT2D eigenvalue weighted by atomic mass is 10.1. The Balaban J connectivity index is 1.87. The third kappa shape index (κ3) is 5.12. The number of rotatable bonds is 7. The fourth-order valence-electron chi connectivity index (χ4n) is 2.56. The molecule has 24 heavy (non-hydrogen) atoms. The Kier molecular flexibility index (Phi) is 6.16. The molecule has 6 N–H and O–H groups in total. The van der Waals surface area contributed by atoms with E-state index in [0.29, 0.717) is 25.0 Å². The van der Waals surface area contributed by atoms with Crippen LogP contribution in [0.2, 0.25) is 0 Å². The third-order valence-electron chi connectivity index (χ3n) is 3.81. The van der Waals surface area contributed by atoms with Crippen molar-refractivity contribution in [2.24, 2.45) is 5.73 Å². The molecule has 0 bridgehead atoms. The Morgan fingerprint density at radius 1 is 1.38 bits per heavy atom. The molecule has 0 aromatic rings. The highest BCUT2D eigenvalue weighted by atomic mass is 31.2. The van der Waals surface area contributed by atoms with Crippen LogP contribution in [0.3, 0.4) is 0 Å². The third-order valence-corrected chi connectivity index (χ3v) is 4.30. The fraction of sp³-hybridized carbons (Fsp3) is 0.615. The normalized spacial score (nSPS) is 30.5. The molecular formula is C13H21N2O8P. The van der Waals surface area contributed by atoms with Gasteiger partial charge >= 0.3 is 7.82 Å². The lowest BCUT2D eigenvalue weighted by Gasteiger charge is -2.23. The van der Waals surface area contributed by atoms with Crippen LogP contribution in [0.5, 0.6) is 0 Å². The topological polar surface area (TPSA) is 163 Å². The average molecular weight is 364 g/mol. The molecule has 0 aromatic heterocycles. The number of hydrogen-bond acceptors (Lipinski definition) is 7. The molecule has 11 heteroatoms. The van der Waals surface area contributed by atoms with Gasteiger partial charge in [-0.3, -0.25) is 9.32 Å². The van der Waals surface area contributed by atoms with Crippen molar-refractivity contribution in [2.75, 3.05) is 13.2 Å². The van der Waals surface area contributed by atoms with Gasteiger partial charge in [-0.2, -0.15) is 0 Å². The number of aliphatic hydroxyl groups excluding tert-OH is 2. The number of aliphatic hydroxyl groups is 2. The molecule has 2 aliphatic heterocycles. The molecule has 0 spiro atoms. The van der Waals surface area contributed by atoms with Crippen LogP contribution in [0.15, 0.2) is 24.0 Å². The summed E-state index contributed by atoms with van der Waals surface area (Å²) >= 11 is 0. The zero-order valence-corrected chi connectivity index (χ0v) is 13.7. The molecule has 0 aliphatic carbocycles. The Labute approximate surface area is 138 Å². The smallest absolute Gasteiger partial charge is 0.388 e. The van der Waals surface area contributed by atoms with Crippen molar-refractivity contribution in [3.63, 3.8) is 0 Å². The van der Waals surface area contributed by atoms with Gasteiger partial charge in [0.2, 0.25) is 5.91 Å². The highest BCUT2D eigenvalue weighted by Crippen LogP contribution is 2.37. The molecule has 1 amide bonds. The van der Waals surface area contributed by atoms with Crippen LogP contribution in [0.4, 0.5) is 0 Å². The van der Waals surface area contributed by atoms with Crippen molar-refractivity contribution in [2.45, 2.75) is 37.3 Å². The predicted octanol–water partition coefficient (Wildman–Crippen LogP) is -1.44. The first-order valence-corrected chi connectivity index (χ1v) is 8.85. The van der Waals surface area contributed by atoms with E-state index in [1.165, 1.54) is 0 Å². The molecule has 2 aliphatic rings. The van der Waals surface area contributed by atoms with Crippen LogP contribution in [-0.2, 0) is 18.6 Å². The number of carbonyl (C=O) groups excluding carboxylic acids is 1. The maximum atomic E-state index is 11.2. The molecular weight excluding hydrogens is 343 g/mol. The average Bonchev–Trinajstić information content (AvgIpc) is 2.78. The number of primary amides is 1. The second-order valence-corrected chi connectivity index (χ2v) is 6.85. The van der Waals surface area contributed by atoms with Gasteiger partial charge in [0.25, 0.3) is 0 Å². The van der Waals surface area contributed by atoms with Gasteiger partial charge in [-0.1, -0.05) is 6.08 Å². The van der Waals surface area contributed by atoms with E-state index in [9.17, 15) is 19.6 Å². The van der Waals surface area contributed by atoms with Crippen LogP contribution >= 0.6 is 7.82 Å². The Morgan fingerprint density at radius 2 is 2.04 bits per heavy atom. The summed E-state index contributed by atoms with van der Waals surface area (Å²) in [4.78, 5) is 30.2. The number of nitrogens with two attached hydrogens (primary N) is 1. The van der Waals surface area contributed by atoms with Gasteiger partial charge in [0.05, 0.1) is 12.7 Å². The summed E-state index contributed by atoms with van der Waals surface area (Å²) in [6.07, 6.45) is 1.63. The second-order valence-electron chi connectivity index (χ2n) is 5.61. The highest BCUT2D eigenvalue weighted by Gasteiger charge is 2.43. The zero-order valence-electron chi connectivity index (χ0n) is 12.8. The monoisotopic (exact) mass is 364 g/mol. The summed E-state index contributed by atoms with van der Waals surface area (Å²) in [7, 11) is -4.68. The van der Waals surface area contributed by atoms with Gasteiger partial charge < -0.3 is 35.4 Å². The number of nitrogens with zero attached hydrogens (tertiary/aromatic N) is 1. The van der Waals surface area contributed by atoms with Crippen molar-refractivity contribution < 1.29 is 38.6 Å². The highest BCUT2D eigenvalue weighted by molar-refractivity contribution is 7.46. The van der Waals surface area contributed by atoms with E-state index in [4.69, 9.17) is 20.3 Å². The predicted molar refractivity (Wildman–Crippen MR) is 81.0 cm³/mol. The van der Waals surface area contributed by atoms with Gasteiger partial charge in [-0.25, -0.2) is 4.57 Å². The van der Waals surface area contributed by atoms with E-state index >= 15 is 0 Å². The summed E-state index contributed by atoms with van der Waals surface area (Å²) in [6.45, 7) is -0.137. The quantitative estimate of drug-likeness (QED) is 0.341. The number of hydrogen-bond donors (Lipinski definition) is 5. The minimum Gasteiger partial charge on any atom is -0.388 e. The SMILES string of the molecule is NC(=O)C1=CN(CCC2O[C@H](COP(=O)(O)O)[C@@H](O)[C@H]2O)C=CC1. The molecule has 2 heterocycles. The zero-order chi connectivity index (χ0) is 17.9. The summed E-state index contributed by atoms with van der Waals surface area (Å²) in [5.74, 6) is -0.508. The maximum absolute atomic E-state index is 11.2. The van der Waals surface area contributed by atoms with Crippen LogP contribution in [-0.4, -0.2) is 68.4 Å². The van der Waals surface area contributed by atoms with Crippen molar-refractivity contribution in [3.05, 3.63) is 24.0 Å². The maximum Gasteiger partial charge on any atom is 0.469 e. The molecule has 0 radical (unpaired) electrons. The van der Waals surface area contributed by atoms with E-state index in [1.807, 2.05) is 0 Å². The molecule has 0 aromatic carbocycles. The summed E-state index contributed by atoms with van der Waals surface area (Å²) in [5.41, 5.74) is 5.69. The number of allylic oxidation sites excluding steroid dienone is 1. The standard InChI is InChI=1S/C13H21N2O8P/c14-13(18)8-2-1-4-15(6-8)5-3-9-11(16)12(17)10(23-9)7-22-24(19,20)21/h1,4,6,9-12,16-17H,2-3,5,7H2,(H2,14,18)(H2,19,20,21)/t9?,10-,11+,12-/m1/s1. The molecule has 0 saturated carbocycles. The van der Waals surface area contributed by atoms with E-state index in [1.54, 1.807) is 23.4 Å². The molecule has 1 saturated heterocycles. The summed E-state index contributed by atoms with van der Waals surface area (Å²) < 4.78 is 20.4. The van der Waals surface area contributed by atoms with Crippen LogP contribution in [0, 0.1) is 0 Å². The minimum atomic E-state index is -4.68. The number of carbonyl (C=O) groups is 1. The number of phosphoric acid groups is 1. The first-order valence-electron chi connectivity index (χ1n) is 7.32. The van der Waals surface area contributed by atoms with Crippen molar-refractivity contribution in [1.82, 2.24) is 4.90 Å². The van der Waals surface area contributed by atoms with E-state index in [0.717, 1.165) is 0 Å². The number of ether oxygens (including phenoxy) is 1. The van der Waals surface area contributed by atoms with Gasteiger partial charge in [0.1, 0.15) is 18.3 Å². The van der Waals surface area contributed by atoms with E-state index < -0.39 is 44.8 Å². The van der Waals surface area contributed by atoms with Crippen LogP contribution in [0.1, 0.15) is 12.8 Å². The second kappa shape index (κ2) is 7.75. The van der Waals surface area contributed by atoms with Crippen molar-refractivity contribution in [1.29, 1.82) is 0 Å². The van der Waals surface area contributed by atoms with Gasteiger partial charge in [-0.15, -0.1) is 0 Å². The summed E-state index contributed by atoms with van der Waals surface area (Å²) in [5, 5.41) is 19.8. The van der Waals surface area contributed by atoms with E-state index in [-0.39, 0.29) is 0 Å². The molecule has 136 valence electrons. The fourth-order valence-corrected chi connectivity index (χ4v) is 2.90. The minimum absolute atomic E-state index is 0.317. The largest absolute Gasteiger partial charge is 0.469 e.